The van der Waals surface area contributed by atoms with Crippen LogP contribution in [0.1, 0.15) is 11.4 Å². The Bertz CT molecular complexity index is 1280. The van der Waals surface area contributed by atoms with Gasteiger partial charge in [-0.2, -0.15) is 4.98 Å². The van der Waals surface area contributed by atoms with E-state index in [1.807, 2.05) is 24.3 Å². The molecule has 0 aliphatic carbocycles. The number of halogens is 1. The van der Waals surface area contributed by atoms with Gasteiger partial charge in [-0.25, -0.2) is 8.42 Å². The molecule has 8 heteroatoms. The molecule has 1 aromatic heterocycles. The van der Waals surface area contributed by atoms with Crippen LogP contribution in [-0.4, -0.2) is 18.6 Å². The molecule has 6 nitrogen and oxygen atoms in total. The molecule has 0 fully saturated rings. The van der Waals surface area contributed by atoms with E-state index in [4.69, 9.17) is 16.1 Å². The highest BCUT2D eigenvalue weighted by Gasteiger charge is 2.16. The Morgan fingerprint density at radius 1 is 1.04 bits per heavy atom. The smallest absolute Gasteiger partial charge is 0.261 e. The fraction of sp³-hybridized carbons (Fsp3) is 0.100. The largest absolute Gasteiger partial charge is 0.334 e. The third kappa shape index (κ3) is 3.58. The molecular weight excluding hydrogens is 398 g/mol. The molecule has 0 aliphatic heterocycles. The number of rotatable bonds is 4. The molecule has 0 saturated carbocycles. The maximum Gasteiger partial charge on any atom is 0.261 e. The summed E-state index contributed by atoms with van der Waals surface area (Å²) >= 11 is 6.00. The molecule has 0 atom stereocenters. The normalized spacial score (nSPS) is 11.7. The molecule has 0 radical (unpaired) electrons. The zero-order chi connectivity index (χ0) is 19.9. The van der Waals surface area contributed by atoms with Gasteiger partial charge in [-0.1, -0.05) is 35.0 Å². The number of aromatic nitrogens is 2. The Balaban J connectivity index is 1.72. The van der Waals surface area contributed by atoms with Gasteiger partial charge in [0.2, 0.25) is 0 Å². The predicted octanol–water partition coefficient (Wildman–Crippen LogP) is 4.96. The van der Waals surface area contributed by atoms with Crippen molar-refractivity contribution >= 4 is 38.1 Å². The average molecular weight is 414 g/mol. The van der Waals surface area contributed by atoms with Crippen LogP contribution in [0.25, 0.3) is 22.2 Å². The van der Waals surface area contributed by atoms with E-state index in [0.29, 0.717) is 22.4 Å². The minimum Gasteiger partial charge on any atom is -0.334 e. The third-order valence-electron chi connectivity index (χ3n) is 4.22. The van der Waals surface area contributed by atoms with Gasteiger partial charge in [-0.05, 0) is 66.6 Å². The molecule has 0 bridgehead atoms. The maximum absolute atomic E-state index is 12.7. The van der Waals surface area contributed by atoms with Crippen LogP contribution in [0, 0.1) is 13.8 Å². The molecular formula is C20H16ClN3O3S. The molecule has 1 heterocycles. The highest BCUT2D eigenvalue weighted by Crippen LogP contribution is 2.30. The lowest BCUT2D eigenvalue weighted by Crippen LogP contribution is -2.13. The third-order valence-corrected chi connectivity index (χ3v) is 5.80. The molecule has 28 heavy (non-hydrogen) atoms. The molecule has 4 aromatic rings. The van der Waals surface area contributed by atoms with Crippen LogP contribution in [0.5, 0.6) is 0 Å². The second kappa shape index (κ2) is 6.92. The molecule has 0 spiro atoms. The van der Waals surface area contributed by atoms with Crippen molar-refractivity contribution in [3.05, 3.63) is 71.0 Å². The van der Waals surface area contributed by atoms with Crippen molar-refractivity contribution in [2.24, 2.45) is 0 Å². The van der Waals surface area contributed by atoms with E-state index in [-0.39, 0.29) is 4.90 Å². The van der Waals surface area contributed by atoms with Crippen LogP contribution in [0.2, 0.25) is 5.02 Å². The number of benzene rings is 3. The topological polar surface area (TPSA) is 85.1 Å². The van der Waals surface area contributed by atoms with Gasteiger partial charge in [0.15, 0.2) is 5.82 Å². The monoisotopic (exact) mass is 413 g/mol. The lowest BCUT2D eigenvalue weighted by molar-refractivity contribution is 0.426. The zero-order valence-electron chi connectivity index (χ0n) is 15.1. The van der Waals surface area contributed by atoms with E-state index in [1.165, 1.54) is 6.07 Å². The van der Waals surface area contributed by atoms with Crippen molar-refractivity contribution in [1.82, 2.24) is 10.1 Å². The van der Waals surface area contributed by atoms with Crippen molar-refractivity contribution < 1.29 is 12.9 Å². The summed E-state index contributed by atoms with van der Waals surface area (Å²) in [6.07, 6.45) is 0. The SMILES string of the molecule is Cc1cc(Cl)cc(S(=O)(=O)Nc2ccc3c(-c4nc(C)no4)cccc3c2)c1. The first-order valence-corrected chi connectivity index (χ1v) is 10.3. The van der Waals surface area contributed by atoms with E-state index in [0.717, 1.165) is 21.9 Å². The number of aryl methyl sites for hydroxylation is 2. The minimum absolute atomic E-state index is 0.118. The van der Waals surface area contributed by atoms with E-state index in [2.05, 4.69) is 14.9 Å². The number of nitrogens with zero attached hydrogens (tertiary/aromatic N) is 2. The Morgan fingerprint density at radius 3 is 2.57 bits per heavy atom. The molecule has 0 amide bonds. The summed E-state index contributed by atoms with van der Waals surface area (Å²) < 4.78 is 33.3. The lowest BCUT2D eigenvalue weighted by atomic mass is 10.0. The number of fused-ring (bicyclic) bond motifs is 1. The molecule has 0 saturated heterocycles. The minimum atomic E-state index is -3.76. The standard InChI is InChI=1S/C20H16ClN3O3S/c1-12-8-15(21)11-17(9-12)28(25,26)24-16-6-7-18-14(10-16)4-3-5-19(18)20-22-13(2)23-27-20/h3-11,24H,1-2H3. The Labute approximate surface area is 167 Å². The summed E-state index contributed by atoms with van der Waals surface area (Å²) in [6, 6.07) is 15.6. The van der Waals surface area contributed by atoms with Gasteiger partial charge >= 0.3 is 0 Å². The van der Waals surface area contributed by atoms with E-state index in [9.17, 15) is 8.42 Å². The molecule has 4 rings (SSSR count). The summed E-state index contributed by atoms with van der Waals surface area (Å²) in [5.41, 5.74) is 2.01. The van der Waals surface area contributed by atoms with Gasteiger partial charge in [0.1, 0.15) is 0 Å². The van der Waals surface area contributed by atoms with E-state index < -0.39 is 10.0 Å². The van der Waals surface area contributed by atoms with E-state index >= 15 is 0 Å². The number of anilines is 1. The summed E-state index contributed by atoms with van der Waals surface area (Å²) in [6.45, 7) is 3.55. The molecule has 142 valence electrons. The van der Waals surface area contributed by atoms with Gasteiger partial charge < -0.3 is 4.52 Å². The van der Waals surface area contributed by atoms with Crippen molar-refractivity contribution in [3.8, 4) is 11.5 Å². The van der Waals surface area contributed by atoms with Gasteiger partial charge in [0.05, 0.1) is 4.90 Å². The second-order valence-corrected chi connectivity index (χ2v) is 8.58. The number of sulfonamides is 1. The van der Waals surface area contributed by atoms with Gasteiger partial charge in [-0.3, -0.25) is 4.72 Å². The van der Waals surface area contributed by atoms with E-state index in [1.54, 1.807) is 38.1 Å². The van der Waals surface area contributed by atoms with Gasteiger partial charge in [0.25, 0.3) is 15.9 Å². The van der Waals surface area contributed by atoms with Crippen molar-refractivity contribution in [2.45, 2.75) is 18.7 Å². The lowest BCUT2D eigenvalue weighted by Gasteiger charge is -2.11. The summed E-state index contributed by atoms with van der Waals surface area (Å²) in [4.78, 5) is 4.39. The summed E-state index contributed by atoms with van der Waals surface area (Å²) in [5.74, 6) is 0.971. The van der Waals surface area contributed by atoms with Crippen LogP contribution in [0.15, 0.2) is 64.0 Å². The summed E-state index contributed by atoms with van der Waals surface area (Å²) in [5, 5.41) is 5.92. The summed E-state index contributed by atoms with van der Waals surface area (Å²) in [7, 11) is -3.76. The molecule has 0 aliphatic rings. The van der Waals surface area contributed by atoms with Crippen molar-refractivity contribution in [2.75, 3.05) is 4.72 Å². The van der Waals surface area contributed by atoms with Crippen molar-refractivity contribution in [3.63, 3.8) is 0 Å². The Morgan fingerprint density at radius 2 is 1.86 bits per heavy atom. The number of nitrogens with one attached hydrogen (secondary N) is 1. The van der Waals surface area contributed by atoms with Crippen LogP contribution in [0.4, 0.5) is 5.69 Å². The van der Waals surface area contributed by atoms with Gasteiger partial charge in [0, 0.05) is 16.3 Å². The first kappa shape index (κ1) is 18.5. The highest BCUT2D eigenvalue weighted by atomic mass is 35.5. The Hall–Kier alpha value is -2.90. The number of hydrogen-bond acceptors (Lipinski definition) is 5. The van der Waals surface area contributed by atoms with Crippen LogP contribution < -0.4 is 4.72 Å². The second-order valence-electron chi connectivity index (χ2n) is 6.46. The van der Waals surface area contributed by atoms with Crippen LogP contribution >= 0.6 is 11.6 Å². The fourth-order valence-corrected chi connectivity index (χ4v) is 4.54. The zero-order valence-corrected chi connectivity index (χ0v) is 16.7. The average Bonchev–Trinajstić information content (AvgIpc) is 3.06. The highest BCUT2D eigenvalue weighted by molar-refractivity contribution is 7.92. The molecule has 0 unspecified atom stereocenters. The maximum atomic E-state index is 12.7. The predicted molar refractivity (Wildman–Crippen MR) is 109 cm³/mol. The molecule has 3 aromatic carbocycles. The number of hydrogen-bond donors (Lipinski definition) is 1. The quantitative estimate of drug-likeness (QED) is 0.511. The first-order chi connectivity index (χ1) is 13.3. The first-order valence-electron chi connectivity index (χ1n) is 8.45. The van der Waals surface area contributed by atoms with Crippen LogP contribution in [0.3, 0.4) is 0 Å². The molecule has 1 N–H and O–H groups in total. The van der Waals surface area contributed by atoms with Gasteiger partial charge in [-0.15, -0.1) is 0 Å². The fourth-order valence-electron chi connectivity index (χ4n) is 3.01. The van der Waals surface area contributed by atoms with Crippen LogP contribution in [-0.2, 0) is 10.0 Å². The Kier molecular flexibility index (Phi) is 4.56. The van der Waals surface area contributed by atoms with Crippen molar-refractivity contribution in [1.29, 1.82) is 0 Å².